The minimum Gasteiger partial charge on any atom is -0.222 e. The van der Waals surface area contributed by atoms with E-state index in [0.29, 0.717) is 0 Å². The van der Waals surface area contributed by atoms with Gasteiger partial charge in [0.05, 0.1) is 0 Å². The maximum atomic E-state index is 4.98. The molecule has 4 heteroatoms. The molecule has 1 aromatic carbocycles. The highest BCUT2D eigenvalue weighted by molar-refractivity contribution is 5.60. The fraction of sp³-hybridized carbons (Fsp3) is 0.286. The molecule has 2 unspecified atom stereocenters. The van der Waals surface area contributed by atoms with Gasteiger partial charge >= 0.3 is 0 Å². The van der Waals surface area contributed by atoms with E-state index >= 15 is 0 Å². The van der Waals surface area contributed by atoms with E-state index in [1.165, 1.54) is 0 Å². The maximum absolute atomic E-state index is 4.98. The van der Waals surface area contributed by atoms with Gasteiger partial charge in [0.15, 0.2) is 17.6 Å². The van der Waals surface area contributed by atoms with E-state index in [4.69, 9.17) is 10.1 Å². The lowest BCUT2D eigenvalue weighted by atomic mass is 9.63. The summed E-state index contributed by atoms with van der Waals surface area (Å²) < 4.78 is 4.57. The first-order valence-corrected chi connectivity index (χ1v) is 9.00. The van der Waals surface area contributed by atoms with Crippen molar-refractivity contribution >= 4 is 0 Å². The number of pyridine rings is 1. The van der Waals surface area contributed by atoms with Gasteiger partial charge in [-0.15, -0.1) is 5.10 Å². The van der Waals surface area contributed by atoms with Gasteiger partial charge < -0.3 is 0 Å². The standard InChI is InChI=1S/C21H21N4/c1-3-20-13-14-21(20,4-2)25-19(17-12-8-9-15-24(17)20)22-18(23-25)16-10-6-5-7-11-16/h5-15H,3-4H2,1-2H3/q+1. The summed E-state index contributed by atoms with van der Waals surface area (Å²) >= 11 is 0. The summed E-state index contributed by atoms with van der Waals surface area (Å²) in [6.07, 6.45) is 8.86. The molecule has 2 aromatic heterocycles. The van der Waals surface area contributed by atoms with Gasteiger partial charge in [0, 0.05) is 24.1 Å². The van der Waals surface area contributed by atoms with Crippen molar-refractivity contribution in [2.24, 2.45) is 0 Å². The fourth-order valence-corrected chi connectivity index (χ4v) is 4.62. The molecule has 25 heavy (non-hydrogen) atoms. The maximum Gasteiger partial charge on any atom is 0.250 e. The van der Waals surface area contributed by atoms with Gasteiger partial charge in [0.2, 0.25) is 11.4 Å². The van der Waals surface area contributed by atoms with Crippen molar-refractivity contribution in [1.82, 2.24) is 14.8 Å². The SMILES string of the molecule is CCC12C=CC1(CC)[n+]1ccccc1-c1nc(-c3ccccc3)nn12. The van der Waals surface area contributed by atoms with Crippen molar-refractivity contribution in [1.29, 1.82) is 0 Å². The first-order valence-electron chi connectivity index (χ1n) is 9.00. The quantitative estimate of drug-likeness (QED) is 0.542. The summed E-state index contributed by atoms with van der Waals surface area (Å²) in [6, 6.07) is 16.6. The van der Waals surface area contributed by atoms with Crippen LogP contribution in [0.3, 0.4) is 0 Å². The molecular weight excluding hydrogens is 308 g/mol. The molecule has 0 N–H and O–H groups in total. The Hall–Kier alpha value is -2.75. The number of nitrogens with zero attached hydrogens (tertiary/aromatic N) is 4. The average molecular weight is 329 g/mol. The smallest absolute Gasteiger partial charge is 0.222 e. The Balaban J connectivity index is 1.83. The molecule has 5 rings (SSSR count). The molecule has 1 aliphatic heterocycles. The van der Waals surface area contributed by atoms with Crippen LogP contribution >= 0.6 is 0 Å². The zero-order valence-corrected chi connectivity index (χ0v) is 14.6. The molecule has 0 bridgehead atoms. The van der Waals surface area contributed by atoms with Crippen molar-refractivity contribution in [3.63, 3.8) is 0 Å². The molecule has 0 fully saturated rings. The Kier molecular flexibility index (Phi) is 2.85. The van der Waals surface area contributed by atoms with E-state index in [1.54, 1.807) is 0 Å². The largest absolute Gasteiger partial charge is 0.250 e. The molecule has 0 saturated heterocycles. The monoisotopic (exact) mass is 329 g/mol. The molecule has 1 aliphatic carbocycles. The third kappa shape index (κ3) is 1.60. The lowest BCUT2D eigenvalue weighted by Crippen LogP contribution is -2.74. The lowest BCUT2D eigenvalue weighted by molar-refractivity contribution is -0.764. The van der Waals surface area contributed by atoms with Gasteiger partial charge in [-0.25, -0.2) is 9.67 Å². The van der Waals surface area contributed by atoms with Crippen LogP contribution in [0, 0.1) is 0 Å². The molecule has 2 aliphatic rings. The zero-order chi connectivity index (χ0) is 17.1. The predicted octanol–water partition coefficient (Wildman–Crippen LogP) is 3.69. The molecule has 124 valence electrons. The topological polar surface area (TPSA) is 34.6 Å². The van der Waals surface area contributed by atoms with Crippen LogP contribution < -0.4 is 4.57 Å². The molecule has 3 aromatic rings. The van der Waals surface area contributed by atoms with Gasteiger partial charge in [-0.1, -0.05) is 44.2 Å². The molecule has 0 radical (unpaired) electrons. The van der Waals surface area contributed by atoms with Crippen LogP contribution in [0.2, 0.25) is 0 Å². The summed E-state index contributed by atoms with van der Waals surface area (Å²) in [5.74, 6) is 1.75. The van der Waals surface area contributed by atoms with Gasteiger partial charge in [0.25, 0.3) is 5.69 Å². The number of hydrogen-bond donors (Lipinski definition) is 0. The number of benzene rings is 1. The Morgan fingerprint density at radius 1 is 0.960 bits per heavy atom. The molecular formula is C21H21N4+. The Labute approximate surface area is 147 Å². The summed E-state index contributed by atoms with van der Waals surface area (Å²) in [7, 11) is 0. The van der Waals surface area contributed by atoms with Crippen molar-refractivity contribution < 1.29 is 4.57 Å². The van der Waals surface area contributed by atoms with Gasteiger partial charge in [0.1, 0.15) is 0 Å². The average Bonchev–Trinajstić information content (AvgIpc) is 3.09. The third-order valence-corrected chi connectivity index (χ3v) is 6.00. The van der Waals surface area contributed by atoms with Crippen LogP contribution in [0.1, 0.15) is 26.7 Å². The number of rotatable bonds is 3. The number of hydrogen-bond acceptors (Lipinski definition) is 2. The normalized spacial score (nSPS) is 25.7. The van der Waals surface area contributed by atoms with Gasteiger partial charge in [-0.3, -0.25) is 0 Å². The summed E-state index contributed by atoms with van der Waals surface area (Å²) in [5.41, 5.74) is 1.99. The number of fused-ring (bicyclic) bond motifs is 6. The summed E-state index contributed by atoms with van der Waals surface area (Å²) in [4.78, 5) is 4.94. The predicted molar refractivity (Wildman–Crippen MR) is 96.8 cm³/mol. The van der Waals surface area contributed by atoms with Crippen LogP contribution in [0.25, 0.3) is 22.9 Å². The van der Waals surface area contributed by atoms with E-state index in [9.17, 15) is 0 Å². The highest BCUT2D eigenvalue weighted by atomic mass is 15.4. The third-order valence-electron chi connectivity index (χ3n) is 6.00. The molecule has 0 amide bonds. The number of aromatic nitrogens is 4. The van der Waals surface area contributed by atoms with Crippen molar-refractivity contribution in [2.45, 2.75) is 37.8 Å². The van der Waals surface area contributed by atoms with Crippen LogP contribution in [0.5, 0.6) is 0 Å². The lowest BCUT2D eigenvalue weighted by Gasteiger charge is -2.50. The van der Waals surface area contributed by atoms with E-state index in [0.717, 1.165) is 35.7 Å². The van der Waals surface area contributed by atoms with Crippen LogP contribution in [0.15, 0.2) is 66.9 Å². The summed E-state index contributed by atoms with van der Waals surface area (Å²) in [6.45, 7) is 4.51. The van der Waals surface area contributed by atoms with E-state index in [1.807, 2.05) is 18.2 Å². The van der Waals surface area contributed by atoms with E-state index in [2.05, 4.69) is 71.8 Å². The Bertz CT molecular complexity index is 988. The first kappa shape index (κ1) is 14.6. The highest BCUT2D eigenvalue weighted by Crippen LogP contribution is 2.52. The Morgan fingerprint density at radius 3 is 2.44 bits per heavy atom. The second-order valence-corrected chi connectivity index (χ2v) is 6.88. The first-order chi connectivity index (χ1) is 12.3. The van der Waals surface area contributed by atoms with Gasteiger partial charge in [-0.2, -0.15) is 4.57 Å². The minimum absolute atomic E-state index is 0.0625. The number of allylic oxidation sites excluding steroid dienone is 2. The second-order valence-electron chi connectivity index (χ2n) is 6.88. The highest BCUT2D eigenvalue weighted by Gasteiger charge is 2.66. The fourth-order valence-electron chi connectivity index (χ4n) is 4.62. The van der Waals surface area contributed by atoms with Gasteiger partial charge in [-0.05, 0) is 24.6 Å². The van der Waals surface area contributed by atoms with Crippen LogP contribution in [-0.2, 0) is 11.1 Å². The molecule has 4 nitrogen and oxygen atoms in total. The van der Waals surface area contributed by atoms with Crippen molar-refractivity contribution in [3.8, 4) is 22.9 Å². The summed E-state index contributed by atoms with van der Waals surface area (Å²) in [5, 5.41) is 4.98. The minimum atomic E-state index is -0.143. The zero-order valence-electron chi connectivity index (χ0n) is 14.6. The second kappa shape index (κ2) is 4.88. The molecule has 0 saturated carbocycles. The van der Waals surface area contributed by atoms with Crippen molar-refractivity contribution in [2.75, 3.05) is 0 Å². The Morgan fingerprint density at radius 2 is 1.76 bits per heavy atom. The van der Waals surface area contributed by atoms with Crippen LogP contribution in [-0.4, -0.2) is 14.8 Å². The van der Waals surface area contributed by atoms with Crippen molar-refractivity contribution in [3.05, 3.63) is 66.9 Å². The molecule has 0 spiro atoms. The van der Waals surface area contributed by atoms with E-state index in [-0.39, 0.29) is 11.1 Å². The van der Waals surface area contributed by atoms with E-state index < -0.39 is 0 Å². The molecule has 2 atom stereocenters. The van der Waals surface area contributed by atoms with Crippen LogP contribution in [0.4, 0.5) is 0 Å². The molecule has 3 heterocycles.